The molecule has 0 bridgehead atoms. The van der Waals surface area contributed by atoms with Crippen molar-refractivity contribution >= 4 is 23.1 Å². The van der Waals surface area contributed by atoms with Gasteiger partial charge in [-0.1, -0.05) is 11.6 Å². The lowest BCUT2D eigenvalue weighted by Gasteiger charge is -2.28. The van der Waals surface area contributed by atoms with E-state index in [4.69, 9.17) is 17.3 Å². The number of rotatable bonds is 1. The van der Waals surface area contributed by atoms with Crippen LogP contribution in [0.5, 0.6) is 0 Å². The van der Waals surface area contributed by atoms with Crippen molar-refractivity contribution < 1.29 is 0 Å². The van der Waals surface area contributed by atoms with Gasteiger partial charge in [-0.05, 0) is 6.07 Å². The van der Waals surface area contributed by atoms with Gasteiger partial charge in [0.1, 0.15) is 6.33 Å². The van der Waals surface area contributed by atoms with Crippen molar-refractivity contribution in [2.24, 2.45) is 0 Å². The van der Waals surface area contributed by atoms with Crippen LogP contribution in [0.2, 0.25) is 5.02 Å². The predicted molar refractivity (Wildman–Crippen MR) is 64.7 cm³/mol. The van der Waals surface area contributed by atoms with Crippen molar-refractivity contribution in [1.82, 2.24) is 19.7 Å². The lowest BCUT2D eigenvalue weighted by atomic mass is 10.3. The number of anilines is 2. The molecule has 3 rings (SSSR count). The second kappa shape index (κ2) is 3.89. The van der Waals surface area contributed by atoms with Crippen molar-refractivity contribution in [2.45, 2.75) is 13.1 Å². The molecule has 6 nitrogen and oxygen atoms in total. The highest BCUT2D eigenvalue weighted by Gasteiger charge is 2.20. The lowest BCUT2D eigenvalue weighted by molar-refractivity contribution is 0.557. The standard InChI is InChI=1S/C10H11ClN6/c11-7-3-8(12)10(13-4-7)16-1-2-17-6-14-15-9(17)5-16/h3-4,6H,1-2,5,12H2. The third-order valence-electron chi connectivity index (χ3n) is 2.80. The molecule has 0 saturated heterocycles. The molecule has 2 N–H and O–H groups in total. The molecule has 0 aromatic carbocycles. The first-order valence-corrected chi connectivity index (χ1v) is 5.64. The van der Waals surface area contributed by atoms with Crippen molar-refractivity contribution in [2.75, 3.05) is 17.2 Å². The summed E-state index contributed by atoms with van der Waals surface area (Å²) in [5.74, 6) is 1.68. The van der Waals surface area contributed by atoms with Crippen LogP contribution < -0.4 is 10.6 Å². The number of fused-ring (bicyclic) bond motifs is 1. The second-order valence-electron chi connectivity index (χ2n) is 3.93. The van der Waals surface area contributed by atoms with Gasteiger partial charge in [0, 0.05) is 19.3 Å². The Balaban J connectivity index is 1.91. The summed E-state index contributed by atoms with van der Waals surface area (Å²) in [4.78, 5) is 6.35. The molecule has 1 aliphatic heterocycles. The molecule has 0 spiro atoms. The van der Waals surface area contributed by atoms with E-state index in [1.165, 1.54) is 0 Å². The van der Waals surface area contributed by atoms with Gasteiger partial charge >= 0.3 is 0 Å². The Morgan fingerprint density at radius 2 is 2.24 bits per heavy atom. The van der Waals surface area contributed by atoms with E-state index in [1.807, 2.05) is 4.57 Å². The average molecular weight is 251 g/mol. The van der Waals surface area contributed by atoms with Gasteiger partial charge in [-0.25, -0.2) is 4.98 Å². The number of nitrogens with two attached hydrogens (primary N) is 1. The smallest absolute Gasteiger partial charge is 0.152 e. The minimum atomic E-state index is 0.548. The van der Waals surface area contributed by atoms with E-state index in [0.29, 0.717) is 17.3 Å². The molecule has 0 radical (unpaired) electrons. The van der Waals surface area contributed by atoms with Gasteiger partial charge in [-0.2, -0.15) is 0 Å². The fraction of sp³-hybridized carbons (Fsp3) is 0.300. The molecular weight excluding hydrogens is 240 g/mol. The SMILES string of the molecule is Nc1cc(Cl)cnc1N1CCn2cnnc2C1. The van der Waals surface area contributed by atoms with E-state index in [9.17, 15) is 0 Å². The number of hydrogen-bond acceptors (Lipinski definition) is 5. The van der Waals surface area contributed by atoms with Gasteiger partial charge in [0.2, 0.25) is 0 Å². The molecule has 88 valence electrons. The highest BCUT2D eigenvalue weighted by atomic mass is 35.5. The molecule has 17 heavy (non-hydrogen) atoms. The zero-order chi connectivity index (χ0) is 11.8. The average Bonchev–Trinajstić information content (AvgIpc) is 2.75. The highest BCUT2D eigenvalue weighted by molar-refractivity contribution is 6.30. The summed E-state index contributed by atoms with van der Waals surface area (Å²) >= 11 is 5.83. The molecule has 0 amide bonds. The number of halogens is 1. The minimum absolute atomic E-state index is 0.548. The topological polar surface area (TPSA) is 72.9 Å². The monoisotopic (exact) mass is 250 g/mol. The first-order chi connectivity index (χ1) is 8.24. The Bertz CT molecular complexity index is 551. The summed E-state index contributed by atoms with van der Waals surface area (Å²) in [5.41, 5.74) is 6.50. The molecule has 0 aliphatic carbocycles. The number of hydrogen-bond donors (Lipinski definition) is 1. The number of pyridine rings is 1. The van der Waals surface area contributed by atoms with E-state index < -0.39 is 0 Å². The molecule has 0 saturated carbocycles. The maximum atomic E-state index is 5.92. The van der Waals surface area contributed by atoms with Crippen LogP contribution in [0.4, 0.5) is 11.5 Å². The van der Waals surface area contributed by atoms with Crippen LogP contribution in [0.15, 0.2) is 18.6 Å². The van der Waals surface area contributed by atoms with Crippen molar-refractivity contribution in [3.8, 4) is 0 Å². The van der Waals surface area contributed by atoms with Crippen LogP contribution in [0.1, 0.15) is 5.82 Å². The van der Waals surface area contributed by atoms with Gasteiger partial charge in [0.15, 0.2) is 11.6 Å². The molecule has 2 aromatic rings. The Hall–Kier alpha value is -1.82. The summed E-state index contributed by atoms with van der Waals surface area (Å²) < 4.78 is 2.03. The summed E-state index contributed by atoms with van der Waals surface area (Å²) in [5, 5.41) is 8.49. The van der Waals surface area contributed by atoms with E-state index in [-0.39, 0.29) is 0 Å². The fourth-order valence-corrected chi connectivity index (χ4v) is 2.13. The molecule has 2 aromatic heterocycles. The van der Waals surface area contributed by atoms with Gasteiger partial charge in [-0.15, -0.1) is 10.2 Å². The molecular formula is C10H11ClN6. The first kappa shape index (κ1) is 10.3. The van der Waals surface area contributed by atoms with Crippen molar-refractivity contribution in [3.63, 3.8) is 0 Å². The maximum Gasteiger partial charge on any atom is 0.152 e. The van der Waals surface area contributed by atoms with Gasteiger partial charge in [0.25, 0.3) is 0 Å². The molecule has 0 atom stereocenters. The predicted octanol–water partition coefficient (Wildman–Crippen LogP) is 0.929. The quantitative estimate of drug-likeness (QED) is 0.815. The summed E-state index contributed by atoms with van der Waals surface area (Å²) in [6.07, 6.45) is 3.35. The maximum absolute atomic E-state index is 5.92. The molecule has 0 unspecified atom stereocenters. The van der Waals surface area contributed by atoms with Crippen molar-refractivity contribution in [1.29, 1.82) is 0 Å². The summed E-state index contributed by atoms with van der Waals surface area (Å²) in [7, 11) is 0. The van der Waals surface area contributed by atoms with Gasteiger partial charge in [0.05, 0.1) is 17.3 Å². The third kappa shape index (κ3) is 1.80. The zero-order valence-corrected chi connectivity index (χ0v) is 9.80. The number of nitrogen functional groups attached to an aromatic ring is 1. The Morgan fingerprint density at radius 3 is 3.06 bits per heavy atom. The largest absolute Gasteiger partial charge is 0.396 e. The minimum Gasteiger partial charge on any atom is -0.396 e. The second-order valence-corrected chi connectivity index (χ2v) is 4.36. The van der Waals surface area contributed by atoms with Crippen LogP contribution in [0.3, 0.4) is 0 Å². The van der Waals surface area contributed by atoms with Crippen LogP contribution in [-0.4, -0.2) is 26.3 Å². The van der Waals surface area contributed by atoms with Crippen LogP contribution >= 0.6 is 11.6 Å². The van der Waals surface area contributed by atoms with E-state index >= 15 is 0 Å². The highest BCUT2D eigenvalue weighted by Crippen LogP contribution is 2.25. The Kier molecular flexibility index (Phi) is 2.36. The van der Waals surface area contributed by atoms with Crippen molar-refractivity contribution in [3.05, 3.63) is 29.4 Å². The van der Waals surface area contributed by atoms with Crippen LogP contribution in [0, 0.1) is 0 Å². The van der Waals surface area contributed by atoms with E-state index in [2.05, 4.69) is 20.1 Å². The van der Waals surface area contributed by atoms with E-state index in [0.717, 1.165) is 24.7 Å². The molecule has 0 fully saturated rings. The number of nitrogens with zero attached hydrogens (tertiary/aromatic N) is 5. The summed E-state index contributed by atoms with van der Waals surface area (Å²) in [6, 6.07) is 1.71. The van der Waals surface area contributed by atoms with Crippen LogP contribution in [0.25, 0.3) is 0 Å². The normalized spacial score (nSPS) is 14.8. The third-order valence-corrected chi connectivity index (χ3v) is 3.01. The van der Waals surface area contributed by atoms with Gasteiger partial charge < -0.3 is 15.2 Å². The van der Waals surface area contributed by atoms with Gasteiger partial charge in [-0.3, -0.25) is 0 Å². The summed E-state index contributed by atoms with van der Waals surface area (Å²) in [6.45, 7) is 2.34. The zero-order valence-electron chi connectivity index (χ0n) is 9.04. The Morgan fingerprint density at radius 1 is 1.35 bits per heavy atom. The molecule has 3 heterocycles. The first-order valence-electron chi connectivity index (χ1n) is 5.26. The lowest BCUT2D eigenvalue weighted by Crippen LogP contribution is -2.34. The number of aromatic nitrogens is 4. The molecule has 1 aliphatic rings. The fourth-order valence-electron chi connectivity index (χ4n) is 1.96. The van der Waals surface area contributed by atoms with Crippen LogP contribution in [-0.2, 0) is 13.1 Å². The van der Waals surface area contributed by atoms with E-state index in [1.54, 1.807) is 18.6 Å². The molecule has 7 heteroatoms. The Labute approximate surface area is 103 Å².